The molecule has 0 aliphatic carbocycles. The molecule has 0 unspecified atom stereocenters. The quantitative estimate of drug-likeness (QED) is 0.914. The van der Waals surface area contributed by atoms with Gasteiger partial charge in [0.15, 0.2) is 0 Å². The van der Waals surface area contributed by atoms with Crippen LogP contribution in [0.5, 0.6) is 0 Å². The van der Waals surface area contributed by atoms with Crippen LogP contribution in [0.1, 0.15) is 25.3 Å². The Hall–Kier alpha value is -1.45. The van der Waals surface area contributed by atoms with Crippen LogP contribution in [0.2, 0.25) is 0 Å². The highest BCUT2D eigenvalue weighted by Gasteiger charge is 2.17. The van der Waals surface area contributed by atoms with Crippen molar-refractivity contribution in [2.24, 2.45) is 0 Å². The van der Waals surface area contributed by atoms with Crippen LogP contribution in [0, 0.1) is 0 Å². The summed E-state index contributed by atoms with van der Waals surface area (Å²) in [5.41, 5.74) is 2.51. The second-order valence-electron chi connectivity index (χ2n) is 5.90. The first kappa shape index (κ1) is 14.5. The van der Waals surface area contributed by atoms with Gasteiger partial charge in [0.2, 0.25) is 0 Å². The molecule has 1 aromatic heterocycles. The molecule has 2 heterocycles. The molecule has 0 radical (unpaired) electrons. The summed E-state index contributed by atoms with van der Waals surface area (Å²) in [5, 5.41) is 4.97. The first-order valence-electron chi connectivity index (χ1n) is 8.15. The first-order valence-corrected chi connectivity index (χ1v) is 8.15. The highest BCUT2D eigenvalue weighted by Crippen LogP contribution is 2.16. The maximum Gasteiger partial charge on any atom is 0.0734 e. The van der Waals surface area contributed by atoms with E-state index >= 15 is 0 Å². The van der Waals surface area contributed by atoms with Crippen LogP contribution >= 0.6 is 0 Å². The lowest BCUT2D eigenvalue weighted by Gasteiger charge is -2.31. The van der Waals surface area contributed by atoms with Gasteiger partial charge in [-0.2, -0.15) is 0 Å². The molecule has 0 amide bonds. The number of para-hydroxylation sites is 1. The number of pyridine rings is 1. The summed E-state index contributed by atoms with van der Waals surface area (Å²) in [4.78, 5) is 7.07. The lowest BCUT2D eigenvalue weighted by Crippen LogP contribution is -2.42. The third-order valence-corrected chi connectivity index (χ3v) is 4.58. The highest BCUT2D eigenvalue weighted by molar-refractivity contribution is 5.81. The molecule has 0 bridgehead atoms. The van der Waals surface area contributed by atoms with Gasteiger partial charge in [-0.25, -0.2) is 0 Å². The van der Waals surface area contributed by atoms with Crippen LogP contribution in [0.25, 0.3) is 10.9 Å². The normalized spacial score (nSPS) is 17.4. The van der Waals surface area contributed by atoms with Crippen molar-refractivity contribution < 1.29 is 0 Å². The van der Waals surface area contributed by atoms with Gasteiger partial charge in [-0.3, -0.25) is 4.98 Å². The topological polar surface area (TPSA) is 28.2 Å². The fraction of sp³-hybridized carbons (Fsp3) is 0.500. The lowest BCUT2D eigenvalue weighted by atomic mass is 10.0. The van der Waals surface area contributed by atoms with Crippen molar-refractivity contribution in [2.45, 2.75) is 32.2 Å². The molecule has 0 atom stereocenters. The maximum atomic E-state index is 4.53. The second kappa shape index (κ2) is 7.01. The molecule has 1 aromatic carbocycles. The summed E-state index contributed by atoms with van der Waals surface area (Å²) < 4.78 is 0. The molecule has 2 aromatic rings. The summed E-state index contributed by atoms with van der Waals surface area (Å²) in [6, 6.07) is 11.3. The van der Waals surface area contributed by atoms with Gasteiger partial charge < -0.3 is 10.2 Å². The van der Waals surface area contributed by atoms with Crippen molar-refractivity contribution >= 4 is 10.9 Å². The number of hydrogen-bond donors (Lipinski definition) is 1. The minimum Gasteiger partial charge on any atom is -0.314 e. The maximum absolute atomic E-state index is 4.53. The smallest absolute Gasteiger partial charge is 0.0734 e. The molecule has 1 aliphatic rings. The van der Waals surface area contributed by atoms with E-state index in [4.69, 9.17) is 0 Å². The van der Waals surface area contributed by atoms with Crippen molar-refractivity contribution in [1.82, 2.24) is 15.2 Å². The Morgan fingerprint density at radius 2 is 2.00 bits per heavy atom. The number of aromatic nitrogens is 1. The molecule has 3 nitrogen and oxygen atoms in total. The van der Waals surface area contributed by atoms with Gasteiger partial charge in [-0.15, -0.1) is 0 Å². The van der Waals surface area contributed by atoms with Gasteiger partial charge in [0.25, 0.3) is 0 Å². The zero-order chi connectivity index (χ0) is 14.5. The molecule has 0 saturated carbocycles. The number of fused-ring (bicyclic) bond motifs is 1. The number of nitrogens with one attached hydrogen (secondary N) is 1. The molecule has 112 valence electrons. The van der Waals surface area contributed by atoms with Crippen LogP contribution in [-0.4, -0.2) is 42.1 Å². The van der Waals surface area contributed by atoms with Crippen molar-refractivity contribution in [3.8, 4) is 0 Å². The Balaban J connectivity index is 1.53. The molecular formula is C18H25N3. The van der Waals surface area contributed by atoms with E-state index in [-0.39, 0.29) is 0 Å². The summed E-state index contributed by atoms with van der Waals surface area (Å²) in [7, 11) is 0. The number of rotatable bonds is 5. The molecule has 21 heavy (non-hydrogen) atoms. The average Bonchev–Trinajstić information content (AvgIpc) is 2.56. The van der Waals surface area contributed by atoms with Crippen molar-refractivity contribution in [3.05, 3.63) is 42.1 Å². The Labute approximate surface area is 127 Å². The van der Waals surface area contributed by atoms with Gasteiger partial charge in [-0.1, -0.05) is 31.2 Å². The third kappa shape index (κ3) is 3.60. The van der Waals surface area contributed by atoms with Gasteiger partial charge in [-0.05, 0) is 57.1 Å². The van der Waals surface area contributed by atoms with E-state index in [0.29, 0.717) is 6.04 Å². The van der Waals surface area contributed by atoms with E-state index in [0.717, 1.165) is 18.5 Å². The SMILES string of the molecule is CCN1CCC(NCCc2cccc3cccnc23)CC1. The molecule has 1 saturated heterocycles. The number of hydrogen-bond acceptors (Lipinski definition) is 3. The largest absolute Gasteiger partial charge is 0.314 e. The Kier molecular flexibility index (Phi) is 4.84. The van der Waals surface area contributed by atoms with Gasteiger partial charge in [0.05, 0.1) is 5.52 Å². The molecule has 1 fully saturated rings. The highest BCUT2D eigenvalue weighted by atomic mass is 15.1. The van der Waals surface area contributed by atoms with E-state index in [1.54, 1.807) is 0 Å². The fourth-order valence-corrected chi connectivity index (χ4v) is 3.23. The summed E-state index contributed by atoms with van der Waals surface area (Å²) in [5.74, 6) is 0. The molecule has 0 spiro atoms. The van der Waals surface area contributed by atoms with E-state index in [1.807, 2.05) is 12.3 Å². The van der Waals surface area contributed by atoms with Crippen LogP contribution < -0.4 is 5.32 Å². The molecule has 3 rings (SSSR count). The van der Waals surface area contributed by atoms with Crippen LogP contribution in [0.3, 0.4) is 0 Å². The van der Waals surface area contributed by atoms with Crippen molar-refractivity contribution in [1.29, 1.82) is 0 Å². The number of likely N-dealkylation sites (tertiary alicyclic amines) is 1. The first-order chi connectivity index (χ1) is 10.4. The van der Waals surface area contributed by atoms with Crippen molar-refractivity contribution in [2.75, 3.05) is 26.2 Å². The van der Waals surface area contributed by atoms with Gasteiger partial charge in [0.1, 0.15) is 0 Å². The summed E-state index contributed by atoms with van der Waals surface area (Å²) in [6.45, 7) is 6.97. The zero-order valence-electron chi connectivity index (χ0n) is 12.9. The Morgan fingerprint density at radius 1 is 1.19 bits per heavy atom. The minimum atomic E-state index is 0.690. The Morgan fingerprint density at radius 3 is 2.81 bits per heavy atom. The fourth-order valence-electron chi connectivity index (χ4n) is 3.23. The minimum absolute atomic E-state index is 0.690. The van der Waals surface area contributed by atoms with Crippen LogP contribution in [-0.2, 0) is 6.42 Å². The van der Waals surface area contributed by atoms with Crippen LogP contribution in [0.4, 0.5) is 0 Å². The number of benzene rings is 1. The van der Waals surface area contributed by atoms with E-state index in [2.05, 4.69) is 46.4 Å². The molecule has 1 N–H and O–H groups in total. The Bertz CT molecular complexity index is 568. The molecular weight excluding hydrogens is 258 g/mol. The number of piperidine rings is 1. The standard InChI is InChI=1S/C18H25N3/c1-2-21-13-9-17(10-14-21)19-12-8-16-6-3-5-15-7-4-11-20-18(15)16/h3-7,11,17,19H,2,8-10,12-14H2,1H3. The molecule has 1 aliphatic heterocycles. The van der Waals surface area contributed by atoms with E-state index in [9.17, 15) is 0 Å². The van der Waals surface area contributed by atoms with E-state index in [1.165, 1.54) is 43.4 Å². The van der Waals surface area contributed by atoms with Gasteiger partial charge in [0, 0.05) is 17.6 Å². The van der Waals surface area contributed by atoms with Crippen LogP contribution in [0.15, 0.2) is 36.5 Å². The van der Waals surface area contributed by atoms with E-state index < -0.39 is 0 Å². The predicted octanol–water partition coefficient (Wildman–Crippen LogP) is 2.85. The van der Waals surface area contributed by atoms with Crippen molar-refractivity contribution in [3.63, 3.8) is 0 Å². The average molecular weight is 283 g/mol. The summed E-state index contributed by atoms with van der Waals surface area (Å²) in [6.07, 6.45) is 5.51. The second-order valence-corrected chi connectivity index (χ2v) is 5.90. The predicted molar refractivity (Wildman–Crippen MR) is 88.6 cm³/mol. The summed E-state index contributed by atoms with van der Waals surface area (Å²) >= 11 is 0. The molecule has 3 heteroatoms. The van der Waals surface area contributed by atoms with Gasteiger partial charge >= 0.3 is 0 Å². The lowest BCUT2D eigenvalue weighted by molar-refractivity contribution is 0.207. The monoisotopic (exact) mass is 283 g/mol. The number of nitrogens with zero attached hydrogens (tertiary/aromatic N) is 2. The zero-order valence-corrected chi connectivity index (χ0v) is 12.9. The third-order valence-electron chi connectivity index (χ3n) is 4.58.